The number of urea groups is 1. The van der Waals surface area contributed by atoms with E-state index < -0.39 is 35.7 Å². The number of pyridine rings is 1. The van der Waals surface area contributed by atoms with Crippen LogP contribution in [0.3, 0.4) is 0 Å². The van der Waals surface area contributed by atoms with Crippen LogP contribution in [0.4, 0.5) is 24.6 Å². The Balaban J connectivity index is 1.36. The van der Waals surface area contributed by atoms with E-state index >= 15 is 0 Å². The summed E-state index contributed by atoms with van der Waals surface area (Å²) in [6, 6.07) is 12.4. The smallest absolute Gasteiger partial charge is 0.412 e. The lowest BCUT2D eigenvalue weighted by Gasteiger charge is -2.36. The molecule has 4 rings (SSSR count). The highest BCUT2D eigenvalue weighted by atomic mass is 35.5. The first-order valence-electron chi connectivity index (χ1n) is 15.3. The number of hydrogen-bond donors (Lipinski definition) is 2. The number of rotatable bonds is 9. The van der Waals surface area contributed by atoms with Gasteiger partial charge in [0.25, 0.3) is 0 Å². The molecule has 1 aromatic heterocycles. The molecule has 2 aromatic carbocycles. The van der Waals surface area contributed by atoms with Crippen molar-refractivity contribution in [3.63, 3.8) is 0 Å². The second kappa shape index (κ2) is 15.8. The average molecular weight is 671 g/mol. The first kappa shape index (κ1) is 35.2. The van der Waals surface area contributed by atoms with E-state index in [0.29, 0.717) is 37.6 Å². The molecular formula is C33H40ClFN6O6. The predicted molar refractivity (Wildman–Crippen MR) is 176 cm³/mol. The third-order valence-electron chi connectivity index (χ3n) is 7.57. The minimum absolute atomic E-state index is 0.0394. The van der Waals surface area contributed by atoms with Crippen LogP contribution < -0.4 is 10.6 Å². The molecule has 2 N–H and O–H groups in total. The van der Waals surface area contributed by atoms with Crippen LogP contribution in [0, 0.1) is 5.82 Å². The van der Waals surface area contributed by atoms with Gasteiger partial charge in [0, 0.05) is 57.8 Å². The summed E-state index contributed by atoms with van der Waals surface area (Å²) in [6.45, 7) is 6.47. The zero-order valence-corrected chi connectivity index (χ0v) is 27.7. The van der Waals surface area contributed by atoms with Crippen molar-refractivity contribution in [2.24, 2.45) is 0 Å². The number of anilines is 1. The summed E-state index contributed by atoms with van der Waals surface area (Å²) in [4.78, 5) is 60.2. The number of piperazine rings is 1. The molecule has 2 heterocycles. The molecule has 12 nitrogen and oxygen atoms in total. The van der Waals surface area contributed by atoms with Crippen molar-refractivity contribution in [3.05, 3.63) is 71.1 Å². The lowest BCUT2D eigenvalue weighted by atomic mass is 10.1. The van der Waals surface area contributed by atoms with Crippen LogP contribution in [-0.4, -0.2) is 95.3 Å². The summed E-state index contributed by atoms with van der Waals surface area (Å²) in [5.74, 6) is -0.469. The predicted octanol–water partition coefficient (Wildman–Crippen LogP) is 5.65. The fraction of sp³-hybridized carbons (Fsp3) is 0.424. The van der Waals surface area contributed by atoms with Crippen LogP contribution in [0.2, 0.25) is 5.02 Å². The van der Waals surface area contributed by atoms with Gasteiger partial charge in [0.15, 0.2) is 0 Å². The van der Waals surface area contributed by atoms with Crippen molar-refractivity contribution in [1.29, 1.82) is 0 Å². The molecule has 0 unspecified atom stereocenters. The van der Waals surface area contributed by atoms with Crippen molar-refractivity contribution in [3.8, 4) is 0 Å². The van der Waals surface area contributed by atoms with Gasteiger partial charge in [-0.1, -0.05) is 48.0 Å². The molecule has 3 aromatic rings. The summed E-state index contributed by atoms with van der Waals surface area (Å²) in [7, 11) is 1.52. The molecule has 0 radical (unpaired) electrons. The van der Waals surface area contributed by atoms with Crippen LogP contribution in [0.25, 0.3) is 10.8 Å². The number of benzene rings is 2. The van der Waals surface area contributed by atoms with Gasteiger partial charge in [0.2, 0.25) is 5.91 Å². The van der Waals surface area contributed by atoms with Crippen LogP contribution in [-0.2, 0) is 20.8 Å². The zero-order chi connectivity index (χ0) is 34.1. The van der Waals surface area contributed by atoms with Crippen LogP contribution >= 0.6 is 11.6 Å². The minimum atomic E-state index is -0.775. The lowest BCUT2D eigenvalue weighted by Crippen LogP contribution is -2.52. The van der Waals surface area contributed by atoms with Gasteiger partial charge < -0.3 is 29.5 Å². The highest BCUT2D eigenvalue weighted by Crippen LogP contribution is 2.20. The van der Waals surface area contributed by atoms with Gasteiger partial charge in [-0.3, -0.25) is 10.1 Å². The molecular weight excluding hydrogens is 631 g/mol. The molecule has 1 fully saturated rings. The summed E-state index contributed by atoms with van der Waals surface area (Å²) in [5, 5.41) is 7.01. The Labute approximate surface area is 278 Å². The highest BCUT2D eigenvalue weighted by molar-refractivity contribution is 6.31. The molecule has 0 saturated carbocycles. The number of amides is 5. The Kier molecular flexibility index (Phi) is 11.8. The number of likely N-dealkylation sites (N-methyl/N-ethyl adjacent to an activating group) is 1. The van der Waals surface area contributed by atoms with Crippen LogP contribution in [0.5, 0.6) is 0 Å². The normalized spacial score (nSPS) is 13.9. The minimum Gasteiger partial charge on any atom is -0.447 e. The maximum Gasteiger partial charge on any atom is 0.412 e. The van der Waals surface area contributed by atoms with Gasteiger partial charge in [-0.15, -0.1) is 0 Å². The summed E-state index contributed by atoms with van der Waals surface area (Å²) in [5.41, 5.74) is -0.226. The number of halogens is 2. The molecule has 5 amide bonds. The lowest BCUT2D eigenvalue weighted by molar-refractivity contribution is -0.133. The molecule has 14 heteroatoms. The van der Waals surface area contributed by atoms with Gasteiger partial charge in [0.1, 0.15) is 23.8 Å². The first-order valence-corrected chi connectivity index (χ1v) is 15.7. The molecule has 0 spiro atoms. The largest absolute Gasteiger partial charge is 0.447 e. The molecule has 0 bridgehead atoms. The van der Waals surface area contributed by atoms with Crippen molar-refractivity contribution in [2.45, 2.75) is 51.8 Å². The molecule has 252 valence electrons. The van der Waals surface area contributed by atoms with E-state index in [1.165, 1.54) is 24.1 Å². The van der Waals surface area contributed by atoms with E-state index in [9.17, 15) is 23.6 Å². The van der Waals surface area contributed by atoms with E-state index in [0.717, 1.165) is 10.8 Å². The summed E-state index contributed by atoms with van der Waals surface area (Å²) < 4.78 is 24.8. The van der Waals surface area contributed by atoms with E-state index in [1.54, 1.807) is 48.9 Å². The Morgan fingerprint density at radius 1 is 1.02 bits per heavy atom. The Bertz CT molecular complexity index is 1590. The highest BCUT2D eigenvalue weighted by Gasteiger charge is 2.29. The monoisotopic (exact) mass is 670 g/mol. The summed E-state index contributed by atoms with van der Waals surface area (Å²) in [6.07, 6.45) is 0.670. The maximum absolute atomic E-state index is 13.9. The average Bonchev–Trinajstić information content (AvgIpc) is 3.04. The second-order valence-electron chi connectivity index (χ2n) is 12.2. The van der Waals surface area contributed by atoms with Crippen molar-refractivity contribution in [2.75, 3.05) is 45.2 Å². The number of nitrogens with zero attached hydrogens (tertiary/aromatic N) is 4. The van der Waals surface area contributed by atoms with Crippen LogP contribution in [0.15, 0.2) is 54.7 Å². The van der Waals surface area contributed by atoms with Crippen molar-refractivity contribution in [1.82, 2.24) is 25.0 Å². The van der Waals surface area contributed by atoms with E-state index in [-0.39, 0.29) is 36.9 Å². The quantitative estimate of drug-likeness (QED) is 0.301. The zero-order valence-electron chi connectivity index (χ0n) is 26.9. The van der Waals surface area contributed by atoms with Gasteiger partial charge in [-0.05, 0) is 50.3 Å². The number of ether oxygens (including phenoxy) is 2. The van der Waals surface area contributed by atoms with Crippen molar-refractivity contribution >= 4 is 52.3 Å². The van der Waals surface area contributed by atoms with Gasteiger partial charge in [-0.2, -0.15) is 0 Å². The SMILES string of the molecule is CN(C(=O)NCc1cccc(F)c1Cl)[C@@H](CCC(=O)N1CCN(C(=O)OC(C)(C)C)CC1)COC(=O)Nc1cc2ccccc2cn1. The standard InChI is InChI=1S/C33H40ClFN6O6/c1-33(2,3)47-32(45)41-16-14-40(15-17-41)28(42)13-12-25(39(4)30(43)37-20-24-10-7-11-26(35)29(24)34)21-46-31(44)38-27-18-22-8-5-6-9-23(22)19-36-27/h5-11,18-19,25H,12-17,20-21H2,1-4H3,(H,37,43)(H,36,38,44)/t25-/m0/s1. The number of carbonyl (C=O) groups excluding carboxylic acids is 4. The first-order chi connectivity index (χ1) is 22.3. The Morgan fingerprint density at radius 3 is 2.40 bits per heavy atom. The fourth-order valence-electron chi connectivity index (χ4n) is 4.91. The molecule has 1 aliphatic rings. The van der Waals surface area contributed by atoms with Crippen molar-refractivity contribution < 1.29 is 33.0 Å². The number of fused-ring (bicyclic) bond motifs is 1. The number of hydrogen-bond acceptors (Lipinski definition) is 7. The topological polar surface area (TPSA) is 133 Å². The molecule has 47 heavy (non-hydrogen) atoms. The molecule has 1 atom stereocenters. The van der Waals surface area contributed by atoms with Crippen LogP contribution in [0.1, 0.15) is 39.2 Å². The van der Waals surface area contributed by atoms with E-state index in [4.69, 9.17) is 21.1 Å². The second-order valence-corrected chi connectivity index (χ2v) is 12.5. The number of carbonyl (C=O) groups is 4. The molecule has 0 aliphatic carbocycles. The summed E-state index contributed by atoms with van der Waals surface area (Å²) >= 11 is 6.03. The third kappa shape index (κ3) is 10.2. The maximum atomic E-state index is 13.9. The number of aromatic nitrogens is 1. The fourth-order valence-corrected chi connectivity index (χ4v) is 5.11. The Hall–Kier alpha value is -4.65. The third-order valence-corrected chi connectivity index (χ3v) is 8.00. The van der Waals surface area contributed by atoms with Gasteiger partial charge >= 0.3 is 18.2 Å². The van der Waals surface area contributed by atoms with Gasteiger partial charge in [-0.25, -0.2) is 23.8 Å². The van der Waals surface area contributed by atoms with E-state index in [1.807, 2.05) is 24.3 Å². The molecule has 1 aliphatic heterocycles. The Morgan fingerprint density at radius 2 is 1.70 bits per heavy atom. The number of nitrogens with one attached hydrogen (secondary N) is 2. The van der Waals surface area contributed by atoms with Gasteiger partial charge in [0.05, 0.1) is 11.1 Å². The molecule has 1 saturated heterocycles. The van der Waals surface area contributed by atoms with E-state index in [2.05, 4.69) is 15.6 Å².